The van der Waals surface area contributed by atoms with E-state index in [0.29, 0.717) is 0 Å². The quantitative estimate of drug-likeness (QED) is 0.756. The van der Waals surface area contributed by atoms with Gasteiger partial charge in [-0.2, -0.15) is 0 Å². The van der Waals surface area contributed by atoms with Crippen LogP contribution in [0.3, 0.4) is 0 Å². The summed E-state index contributed by atoms with van der Waals surface area (Å²) in [7, 11) is 0. The number of rotatable bonds is 4. The number of nitrogens with zero attached hydrogens (tertiary/aromatic N) is 1. The van der Waals surface area contributed by atoms with Gasteiger partial charge in [-0.05, 0) is 12.8 Å². The van der Waals surface area contributed by atoms with Crippen molar-refractivity contribution in [2.45, 2.75) is 24.9 Å². The second kappa shape index (κ2) is 3.32. The fourth-order valence-electron chi connectivity index (χ4n) is 1.11. The van der Waals surface area contributed by atoms with Crippen molar-refractivity contribution in [2.75, 3.05) is 5.88 Å². The van der Waals surface area contributed by atoms with Crippen molar-refractivity contribution < 1.29 is 0 Å². The number of alkyl halides is 1. The Labute approximate surface area is 81.0 Å². The van der Waals surface area contributed by atoms with Gasteiger partial charge in [0.05, 0.1) is 5.51 Å². The summed E-state index contributed by atoms with van der Waals surface area (Å²) in [5.41, 5.74) is 2.11. The minimum atomic E-state index is 0.256. The maximum Gasteiger partial charge on any atom is 0.0794 e. The molecule has 1 aromatic rings. The van der Waals surface area contributed by atoms with E-state index in [0.717, 1.165) is 12.4 Å². The van der Waals surface area contributed by atoms with Crippen LogP contribution in [0.4, 0.5) is 0 Å². The first-order valence-electron chi connectivity index (χ1n) is 4.03. The van der Waals surface area contributed by atoms with E-state index in [1.54, 1.807) is 11.3 Å². The molecule has 66 valence electrons. The maximum absolute atomic E-state index is 5.82. The van der Waals surface area contributed by atoms with Gasteiger partial charge in [-0.3, -0.25) is 4.98 Å². The lowest BCUT2D eigenvalue weighted by atomic mass is 10.3. The number of halogens is 1. The van der Waals surface area contributed by atoms with Gasteiger partial charge < -0.3 is 5.32 Å². The summed E-state index contributed by atoms with van der Waals surface area (Å²) < 4.78 is 0. The second-order valence-electron chi connectivity index (χ2n) is 3.24. The lowest BCUT2D eigenvalue weighted by molar-refractivity contribution is 0.546. The van der Waals surface area contributed by atoms with E-state index < -0.39 is 0 Å². The van der Waals surface area contributed by atoms with Gasteiger partial charge in [0.25, 0.3) is 0 Å². The van der Waals surface area contributed by atoms with Crippen molar-refractivity contribution in [2.24, 2.45) is 0 Å². The summed E-state index contributed by atoms with van der Waals surface area (Å²) in [5.74, 6) is 0.728. The lowest BCUT2D eigenvalue weighted by Crippen LogP contribution is -2.31. The zero-order chi connectivity index (χ0) is 8.44. The van der Waals surface area contributed by atoms with Crippen LogP contribution in [0.25, 0.3) is 0 Å². The molecule has 0 saturated heterocycles. The Morgan fingerprint density at radius 1 is 1.67 bits per heavy atom. The van der Waals surface area contributed by atoms with Crippen LogP contribution in [0.5, 0.6) is 0 Å². The number of hydrogen-bond acceptors (Lipinski definition) is 3. The molecule has 12 heavy (non-hydrogen) atoms. The van der Waals surface area contributed by atoms with E-state index in [-0.39, 0.29) is 5.54 Å². The highest BCUT2D eigenvalue weighted by atomic mass is 35.5. The fourth-order valence-corrected chi connectivity index (χ4v) is 2.01. The molecule has 1 heterocycles. The minimum Gasteiger partial charge on any atom is -0.305 e. The summed E-state index contributed by atoms with van der Waals surface area (Å²) in [5, 5.41) is 3.46. The van der Waals surface area contributed by atoms with Crippen LogP contribution >= 0.6 is 22.9 Å². The topological polar surface area (TPSA) is 24.9 Å². The molecular weight excluding hydrogens is 192 g/mol. The van der Waals surface area contributed by atoms with Crippen LogP contribution in [-0.2, 0) is 6.54 Å². The van der Waals surface area contributed by atoms with Crippen LogP contribution in [-0.4, -0.2) is 16.4 Å². The lowest BCUT2D eigenvalue weighted by Gasteiger charge is -2.11. The molecule has 1 saturated carbocycles. The van der Waals surface area contributed by atoms with Gasteiger partial charge in [0.1, 0.15) is 0 Å². The molecule has 0 aliphatic heterocycles. The van der Waals surface area contributed by atoms with E-state index in [9.17, 15) is 0 Å². The summed E-state index contributed by atoms with van der Waals surface area (Å²) in [6.45, 7) is 0.914. The molecule has 2 nitrogen and oxygen atoms in total. The van der Waals surface area contributed by atoms with Crippen molar-refractivity contribution in [3.8, 4) is 0 Å². The summed E-state index contributed by atoms with van der Waals surface area (Å²) in [4.78, 5) is 5.30. The van der Waals surface area contributed by atoms with Crippen LogP contribution in [0.15, 0.2) is 11.7 Å². The van der Waals surface area contributed by atoms with Crippen LogP contribution in [0, 0.1) is 0 Å². The molecule has 1 N–H and O–H groups in total. The molecule has 1 aliphatic carbocycles. The second-order valence-corrected chi connectivity index (χ2v) is 4.47. The Balaban J connectivity index is 1.83. The summed E-state index contributed by atoms with van der Waals surface area (Å²) in [6, 6.07) is 0. The smallest absolute Gasteiger partial charge is 0.0794 e. The molecule has 0 bridgehead atoms. The normalized spacial score (nSPS) is 19.4. The minimum absolute atomic E-state index is 0.256. The monoisotopic (exact) mass is 202 g/mol. The first-order valence-corrected chi connectivity index (χ1v) is 5.44. The van der Waals surface area contributed by atoms with Crippen LogP contribution in [0.1, 0.15) is 17.7 Å². The van der Waals surface area contributed by atoms with E-state index >= 15 is 0 Å². The first-order chi connectivity index (χ1) is 5.85. The Morgan fingerprint density at radius 3 is 3.00 bits per heavy atom. The van der Waals surface area contributed by atoms with E-state index in [4.69, 9.17) is 11.6 Å². The molecule has 2 rings (SSSR count). The van der Waals surface area contributed by atoms with Gasteiger partial charge in [0, 0.05) is 29.0 Å². The van der Waals surface area contributed by atoms with E-state index in [1.165, 1.54) is 17.7 Å². The number of aromatic nitrogens is 1. The largest absolute Gasteiger partial charge is 0.305 e. The molecule has 0 unspecified atom stereocenters. The van der Waals surface area contributed by atoms with Gasteiger partial charge in [0.2, 0.25) is 0 Å². The highest BCUT2D eigenvalue weighted by molar-refractivity contribution is 7.09. The standard InChI is InChI=1S/C8H11ClN2S/c9-5-8(1-2-8)11-4-7-3-10-6-12-7/h3,6,11H,1-2,4-5H2. The molecule has 0 aromatic carbocycles. The van der Waals surface area contributed by atoms with E-state index in [1.807, 2.05) is 11.7 Å². The summed E-state index contributed by atoms with van der Waals surface area (Å²) >= 11 is 7.51. The van der Waals surface area contributed by atoms with Crippen LogP contribution < -0.4 is 5.32 Å². The molecule has 1 fully saturated rings. The Morgan fingerprint density at radius 2 is 2.50 bits per heavy atom. The predicted octanol–water partition coefficient (Wildman–Crippen LogP) is 2.00. The van der Waals surface area contributed by atoms with Gasteiger partial charge in [0.15, 0.2) is 0 Å². The van der Waals surface area contributed by atoms with Crippen molar-refractivity contribution in [1.29, 1.82) is 0 Å². The molecule has 4 heteroatoms. The molecule has 1 aromatic heterocycles. The number of hydrogen-bond donors (Lipinski definition) is 1. The van der Waals surface area contributed by atoms with Crippen molar-refractivity contribution >= 4 is 22.9 Å². The SMILES string of the molecule is ClCC1(NCc2cncs2)CC1. The molecule has 0 atom stereocenters. The zero-order valence-corrected chi connectivity index (χ0v) is 8.29. The number of nitrogens with one attached hydrogen (secondary N) is 1. The molecular formula is C8H11ClN2S. The predicted molar refractivity (Wildman–Crippen MR) is 51.6 cm³/mol. The molecule has 0 amide bonds. The Hall–Kier alpha value is -0.120. The van der Waals surface area contributed by atoms with Gasteiger partial charge >= 0.3 is 0 Å². The Bertz CT molecular complexity index is 244. The van der Waals surface area contributed by atoms with Crippen LogP contribution in [0.2, 0.25) is 0 Å². The first kappa shape index (κ1) is 8.48. The Kier molecular flexibility index (Phi) is 2.35. The summed E-state index contributed by atoms with van der Waals surface area (Å²) in [6.07, 6.45) is 4.34. The molecule has 1 aliphatic rings. The average Bonchev–Trinajstić information content (AvgIpc) is 2.70. The van der Waals surface area contributed by atoms with Crippen molar-refractivity contribution in [3.05, 3.63) is 16.6 Å². The van der Waals surface area contributed by atoms with Crippen molar-refractivity contribution in [1.82, 2.24) is 10.3 Å². The van der Waals surface area contributed by atoms with Crippen molar-refractivity contribution in [3.63, 3.8) is 0 Å². The number of thiazole rings is 1. The molecule has 0 radical (unpaired) electrons. The van der Waals surface area contributed by atoms with Gasteiger partial charge in [-0.15, -0.1) is 22.9 Å². The maximum atomic E-state index is 5.82. The van der Waals surface area contributed by atoms with E-state index in [2.05, 4.69) is 10.3 Å². The third-order valence-electron chi connectivity index (χ3n) is 2.23. The third-order valence-corrected chi connectivity index (χ3v) is 3.52. The van der Waals surface area contributed by atoms with Gasteiger partial charge in [-0.1, -0.05) is 0 Å². The highest BCUT2D eigenvalue weighted by Crippen LogP contribution is 2.36. The third kappa shape index (κ3) is 1.79. The van der Waals surface area contributed by atoms with Gasteiger partial charge in [-0.25, -0.2) is 0 Å². The fraction of sp³-hybridized carbons (Fsp3) is 0.625. The zero-order valence-electron chi connectivity index (χ0n) is 6.72. The average molecular weight is 203 g/mol. The highest BCUT2D eigenvalue weighted by Gasteiger charge is 2.41. The molecule has 0 spiro atoms.